The van der Waals surface area contributed by atoms with E-state index in [1.807, 2.05) is 0 Å². The summed E-state index contributed by atoms with van der Waals surface area (Å²) in [5, 5.41) is 8.86. The van der Waals surface area contributed by atoms with E-state index in [2.05, 4.69) is 4.72 Å². The Kier molecular flexibility index (Phi) is 7.12. The summed E-state index contributed by atoms with van der Waals surface area (Å²) in [6, 6.07) is 15.4. The van der Waals surface area contributed by atoms with Gasteiger partial charge in [0.25, 0.3) is 10.0 Å². The number of carboxylic acid groups (broad SMARTS) is 1. The quantitative estimate of drug-likeness (QED) is 0.431. The lowest BCUT2D eigenvalue weighted by molar-refractivity contribution is -0.139. The van der Waals surface area contributed by atoms with Crippen LogP contribution in [-0.4, -0.2) is 32.7 Å². The molecule has 0 atom stereocenters. The van der Waals surface area contributed by atoms with Gasteiger partial charge in [0, 0.05) is 5.69 Å². The lowest BCUT2D eigenvalue weighted by Crippen LogP contribution is -2.18. The highest BCUT2D eigenvalue weighted by Gasteiger charge is 2.36. The Balaban J connectivity index is 1.56. The molecule has 0 heterocycles. The molecule has 0 aliphatic carbocycles. The standard InChI is InChI=1S/C22H18F3NO6S/c23-22(24,25)19-3-1-2-4-20(19)33(29,30)26-16-7-11-18(12-8-16)32-14-13-31-17-9-5-15(6-10-17)21(27)28/h1-12,26H,13-14H2,(H,27,28). The van der Waals surface area contributed by atoms with Gasteiger partial charge in [-0.25, -0.2) is 13.2 Å². The number of nitrogens with one attached hydrogen (secondary N) is 1. The van der Waals surface area contributed by atoms with Crippen LogP contribution in [0.15, 0.2) is 77.7 Å². The number of anilines is 1. The van der Waals surface area contributed by atoms with Gasteiger partial charge < -0.3 is 14.6 Å². The Hall–Kier alpha value is -3.73. The molecule has 0 aliphatic rings. The number of carbonyl (C=O) groups is 1. The average molecular weight is 481 g/mol. The van der Waals surface area contributed by atoms with Gasteiger partial charge in [0.1, 0.15) is 24.7 Å². The van der Waals surface area contributed by atoms with E-state index in [1.165, 1.54) is 54.6 Å². The van der Waals surface area contributed by atoms with Crippen LogP contribution < -0.4 is 14.2 Å². The Morgan fingerprint density at radius 1 is 0.848 bits per heavy atom. The lowest BCUT2D eigenvalue weighted by atomic mass is 10.2. The van der Waals surface area contributed by atoms with E-state index < -0.39 is 32.6 Å². The second kappa shape index (κ2) is 9.82. The maximum atomic E-state index is 13.1. The first-order valence-corrected chi connectivity index (χ1v) is 10.9. The van der Waals surface area contributed by atoms with Crippen molar-refractivity contribution in [3.63, 3.8) is 0 Å². The molecule has 0 unspecified atom stereocenters. The minimum atomic E-state index is -4.82. The van der Waals surface area contributed by atoms with Gasteiger partial charge in [-0.15, -0.1) is 0 Å². The summed E-state index contributed by atoms with van der Waals surface area (Å²) in [5.41, 5.74) is -1.06. The molecule has 3 aromatic rings. The maximum Gasteiger partial charge on any atom is 0.417 e. The number of carboxylic acids is 1. The normalized spacial score (nSPS) is 11.6. The monoisotopic (exact) mass is 481 g/mol. The summed E-state index contributed by atoms with van der Waals surface area (Å²) in [7, 11) is -4.47. The van der Waals surface area contributed by atoms with E-state index in [1.54, 1.807) is 0 Å². The number of alkyl halides is 3. The van der Waals surface area contributed by atoms with Gasteiger partial charge in [0.15, 0.2) is 0 Å². The van der Waals surface area contributed by atoms with E-state index in [-0.39, 0.29) is 24.5 Å². The number of ether oxygens (including phenoxy) is 2. The summed E-state index contributed by atoms with van der Waals surface area (Å²) in [4.78, 5) is 9.94. The molecular formula is C22H18F3NO6S. The van der Waals surface area contributed by atoms with Gasteiger partial charge in [-0.1, -0.05) is 12.1 Å². The van der Waals surface area contributed by atoms with E-state index in [4.69, 9.17) is 14.6 Å². The Bertz CT molecular complexity index is 1210. The fraction of sp³-hybridized carbons (Fsp3) is 0.136. The molecule has 0 bridgehead atoms. The molecular weight excluding hydrogens is 463 g/mol. The number of benzene rings is 3. The molecule has 174 valence electrons. The van der Waals surface area contributed by atoms with Crippen molar-refractivity contribution in [1.82, 2.24) is 0 Å². The van der Waals surface area contributed by atoms with Crippen molar-refractivity contribution in [2.45, 2.75) is 11.1 Å². The zero-order chi connectivity index (χ0) is 24.1. The van der Waals surface area contributed by atoms with Crippen LogP contribution >= 0.6 is 0 Å². The SMILES string of the molecule is O=C(O)c1ccc(OCCOc2ccc(NS(=O)(=O)c3ccccc3C(F)(F)F)cc2)cc1. The van der Waals surface area contributed by atoms with Crippen molar-refractivity contribution in [1.29, 1.82) is 0 Å². The lowest BCUT2D eigenvalue weighted by Gasteiger charge is -2.14. The summed E-state index contributed by atoms with van der Waals surface area (Å²) >= 11 is 0. The number of hydrogen-bond donors (Lipinski definition) is 2. The van der Waals surface area contributed by atoms with E-state index in [0.717, 1.165) is 12.1 Å². The van der Waals surface area contributed by atoms with Crippen LogP contribution in [0, 0.1) is 0 Å². The fourth-order valence-corrected chi connectivity index (χ4v) is 4.06. The molecule has 0 amide bonds. The fourth-order valence-electron chi connectivity index (χ4n) is 2.78. The zero-order valence-corrected chi connectivity index (χ0v) is 17.7. The number of rotatable bonds is 9. The van der Waals surface area contributed by atoms with Crippen molar-refractivity contribution in [3.8, 4) is 11.5 Å². The van der Waals surface area contributed by atoms with Gasteiger partial charge >= 0.3 is 12.1 Å². The molecule has 11 heteroatoms. The number of halogens is 3. The van der Waals surface area contributed by atoms with Gasteiger partial charge in [-0.3, -0.25) is 4.72 Å². The second-order valence-electron chi connectivity index (χ2n) is 6.65. The predicted octanol–water partition coefficient (Wildman–Crippen LogP) is 4.66. The molecule has 0 aromatic heterocycles. The molecule has 0 aliphatic heterocycles. The highest BCUT2D eigenvalue weighted by Crippen LogP contribution is 2.34. The first-order valence-electron chi connectivity index (χ1n) is 9.44. The molecule has 3 aromatic carbocycles. The summed E-state index contributed by atoms with van der Waals surface area (Å²) in [6.07, 6.45) is -4.82. The average Bonchev–Trinajstić information content (AvgIpc) is 2.77. The van der Waals surface area contributed by atoms with E-state index in [9.17, 15) is 26.4 Å². The molecule has 3 rings (SSSR count). The molecule has 7 nitrogen and oxygen atoms in total. The summed E-state index contributed by atoms with van der Waals surface area (Å²) < 4.78 is 77.4. The minimum Gasteiger partial charge on any atom is -0.490 e. The molecule has 0 saturated heterocycles. The molecule has 0 fully saturated rings. The van der Waals surface area contributed by atoms with Crippen molar-refractivity contribution < 1.29 is 41.0 Å². The van der Waals surface area contributed by atoms with Gasteiger partial charge in [0.2, 0.25) is 0 Å². The van der Waals surface area contributed by atoms with Crippen LogP contribution in [-0.2, 0) is 16.2 Å². The first-order chi connectivity index (χ1) is 15.6. The third-order valence-corrected chi connectivity index (χ3v) is 5.75. The van der Waals surface area contributed by atoms with Crippen LogP contribution in [0.5, 0.6) is 11.5 Å². The third kappa shape index (κ3) is 6.39. The number of sulfonamides is 1. The van der Waals surface area contributed by atoms with Crippen LogP contribution in [0.3, 0.4) is 0 Å². The van der Waals surface area contributed by atoms with E-state index >= 15 is 0 Å². The van der Waals surface area contributed by atoms with Crippen LogP contribution in [0.25, 0.3) is 0 Å². The smallest absolute Gasteiger partial charge is 0.417 e. The largest absolute Gasteiger partial charge is 0.490 e. The van der Waals surface area contributed by atoms with Crippen LogP contribution in [0.1, 0.15) is 15.9 Å². The van der Waals surface area contributed by atoms with Crippen molar-refractivity contribution in [3.05, 3.63) is 83.9 Å². The van der Waals surface area contributed by atoms with E-state index in [0.29, 0.717) is 17.6 Å². The number of hydrogen-bond acceptors (Lipinski definition) is 5. The maximum absolute atomic E-state index is 13.1. The molecule has 2 N–H and O–H groups in total. The van der Waals surface area contributed by atoms with Crippen molar-refractivity contribution in [2.75, 3.05) is 17.9 Å². The van der Waals surface area contributed by atoms with Crippen molar-refractivity contribution >= 4 is 21.7 Å². The minimum absolute atomic E-state index is 0.0640. The van der Waals surface area contributed by atoms with Gasteiger partial charge in [-0.05, 0) is 60.7 Å². The van der Waals surface area contributed by atoms with Crippen LogP contribution in [0.2, 0.25) is 0 Å². The Morgan fingerprint density at radius 3 is 1.88 bits per heavy atom. The molecule has 33 heavy (non-hydrogen) atoms. The molecule has 0 saturated carbocycles. The Labute approximate surface area is 187 Å². The van der Waals surface area contributed by atoms with Crippen LogP contribution in [0.4, 0.5) is 18.9 Å². The number of aromatic carboxylic acids is 1. The third-order valence-electron chi connectivity index (χ3n) is 4.31. The summed E-state index contributed by atoms with van der Waals surface area (Å²) in [5.74, 6) is -0.189. The van der Waals surface area contributed by atoms with Gasteiger partial charge in [-0.2, -0.15) is 13.2 Å². The predicted molar refractivity (Wildman–Crippen MR) is 113 cm³/mol. The zero-order valence-electron chi connectivity index (χ0n) is 16.9. The van der Waals surface area contributed by atoms with Crippen molar-refractivity contribution in [2.24, 2.45) is 0 Å². The van der Waals surface area contributed by atoms with Gasteiger partial charge in [0.05, 0.1) is 16.0 Å². The highest BCUT2D eigenvalue weighted by atomic mass is 32.2. The summed E-state index contributed by atoms with van der Waals surface area (Å²) in [6.45, 7) is 0.305. The molecule has 0 radical (unpaired) electrons. The highest BCUT2D eigenvalue weighted by molar-refractivity contribution is 7.92. The second-order valence-corrected chi connectivity index (χ2v) is 8.30. The topological polar surface area (TPSA) is 102 Å². The molecule has 0 spiro atoms. The Morgan fingerprint density at radius 2 is 1.36 bits per heavy atom. The first kappa shape index (κ1) is 23.9.